The van der Waals surface area contributed by atoms with Crippen LogP contribution in [-0.2, 0) is 21.7 Å². The van der Waals surface area contributed by atoms with Crippen LogP contribution in [0.15, 0.2) is 18.2 Å². The second-order valence-electron chi connectivity index (χ2n) is 6.70. The molecule has 2 aliphatic rings. The summed E-state index contributed by atoms with van der Waals surface area (Å²) in [7, 11) is -0.536. The maximum atomic E-state index is 14.1. The third-order valence-electron chi connectivity index (χ3n) is 5.14. The van der Waals surface area contributed by atoms with Crippen molar-refractivity contribution in [2.45, 2.75) is 75.5 Å². The molecule has 0 unspecified atom stereocenters. The Balaban J connectivity index is 0.00000192. The zero-order valence-electron chi connectivity index (χ0n) is 14.4. The zero-order chi connectivity index (χ0) is 15.4. The van der Waals surface area contributed by atoms with E-state index in [-0.39, 0.29) is 52.2 Å². The molecule has 0 aromatic heterocycles. The number of benzene rings is 1. The molecule has 2 aliphatic carbocycles. The van der Waals surface area contributed by atoms with E-state index in [1.165, 1.54) is 82.4 Å². The first-order valence-corrected chi connectivity index (χ1v) is 10.2. The molecule has 0 aliphatic heterocycles. The second kappa shape index (κ2) is 12.9. The van der Waals surface area contributed by atoms with Gasteiger partial charge in [0.1, 0.15) is 17.3 Å². The van der Waals surface area contributed by atoms with Gasteiger partial charge in [0.05, 0.1) is 0 Å². The summed E-state index contributed by atoms with van der Waals surface area (Å²) in [5, 5.41) is 3.37. The molecular weight excluding hydrogens is 418 g/mol. The van der Waals surface area contributed by atoms with Gasteiger partial charge in [-0.1, -0.05) is 44.6 Å². The van der Waals surface area contributed by atoms with Gasteiger partial charge in [0.2, 0.25) is 0 Å². The molecule has 0 saturated heterocycles. The van der Waals surface area contributed by atoms with Crippen LogP contribution in [-0.4, -0.2) is 11.3 Å². The molecule has 0 spiro atoms. The Morgan fingerprint density at radius 2 is 1.16 bits per heavy atom. The molecule has 2 saturated carbocycles. The number of halogens is 4. The summed E-state index contributed by atoms with van der Waals surface area (Å²) in [6, 6.07) is 4.17. The van der Waals surface area contributed by atoms with Crippen molar-refractivity contribution >= 4 is 13.8 Å². The minimum atomic E-state index is -0.536. The van der Waals surface area contributed by atoms with Crippen LogP contribution < -0.4 is 29.9 Å². The topological polar surface area (TPSA) is 12.0 Å². The first-order chi connectivity index (χ1) is 10.8. The molecule has 0 atom stereocenters. The first-order valence-electron chi connectivity index (χ1n) is 8.74. The van der Waals surface area contributed by atoms with Gasteiger partial charge in [-0.15, -0.1) is 0 Å². The van der Waals surface area contributed by atoms with Gasteiger partial charge in [-0.05, 0) is 57.2 Å². The van der Waals surface area contributed by atoms with Crippen molar-refractivity contribution in [2.75, 3.05) is 5.09 Å². The van der Waals surface area contributed by atoms with Crippen LogP contribution in [0.4, 0.5) is 14.5 Å². The van der Waals surface area contributed by atoms with Crippen LogP contribution in [0.5, 0.6) is 0 Å². The van der Waals surface area contributed by atoms with Gasteiger partial charge < -0.3 is 29.9 Å². The van der Waals surface area contributed by atoms with E-state index in [0.29, 0.717) is 11.3 Å². The summed E-state index contributed by atoms with van der Waals surface area (Å²) in [4.78, 5) is 0. The molecule has 3 rings (SSSR count). The number of hydrogen-bond donors (Lipinski definition) is 1. The molecule has 7 heteroatoms. The number of para-hydroxylation sites is 1. The Labute approximate surface area is 179 Å². The van der Waals surface area contributed by atoms with Crippen LogP contribution in [0.2, 0.25) is 0 Å². The van der Waals surface area contributed by atoms with E-state index >= 15 is 0 Å². The molecule has 0 heterocycles. The number of hydrogen-bond acceptors (Lipinski definition) is 1. The fourth-order valence-corrected chi connectivity index (χ4v) is 7.21. The maximum absolute atomic E-state index is 14.1. The monoisotopic (exact) mass is 443 g/mol. The van der Waals surface area contributed by atoms with Crippen molar-refractivity contribution in [1.82, 2.24) is 0 Å². The third kappa shape index (κ3) is 6.93. The average molecular weight is 444 g/mol. The standard InChI is InChI=1S/C18H26F2NP.2ClH.Ti/c19-16-12-7-13-17(20)18(16)21-22(14-8-3-1-4-9-14)15-10-5-2-6-11-15;;;/h7,12-15,21H,1-6,8-11H2;2*1H;/q;;;+2/p-2. The molecule has 1 N–H and O–H groups in total. The minimum absolute atomic E-state index is 0. The molecule has 0 amide bonds. The van der Waals surface area contributed by atoms with Crippen molar-refractivity contribution in [1.29, 1.82) is 0 Å². The summed E-state index contributed by atoms with van der Waals surface area (Å²) >= 11 is 0. The zero-order valence-corrected chi connectivity index (χ0v) is 18.4. The summed E-state index contributed by atoms with van der Waals surface area (Å²) < 4.78 is 28.1. The summed E-state index contributed by atoms with van der Waals surface area (Å²) in [6.45, 7) is 0. The van der Waals surface area contributed by atoms with Crippen molar-refractivity contribution in [3.8, 4) is 0 Å². The molecule has 25 heavy (non-hydrogen) atoms. The van der Waals surface area contributed by atoms with Gasteiger partial charge in [0.25, 0.3) is 0 Å². The van der Waals surface area contributed by atoms with Crippen LogP contribution in [0.25, 0.3) is 0 Å². The minimum Gasteiger partial charge on any atom is -1.00 e. The van der Waals surface area contributed by atoms with E-state index in [1.54, 1.807) is 0 Å². The third-order valence-corrected chi connectivity index (χ3v) is 8.23. The van der Waals surface area contributed by atoms with E-state index in [2.05, 4.69) is 5.09 Å². The van der Waals surface area contributed by atoms with Crippen LogP contribution in [0.3, 0.4) is 0 Å². The van der Waals surface area contributed by atoms with Crippen molar-refractivity contribution in [3.63, 3.8) is 0 Å². The number of anilines is 1. The van der Waals surface area contributed by atoms with Gasteiger partial charge in [-0.3, -0.25) is 0 Å². The molecule has 1 aromatic rings. The van der Waals surface area contributed by atoms with Gasteiger partial charge in [0.15, 0.2) is 0 Å². The Kier molecular flexibility index (Phi) is 13.2. The summed E-state index contributed by atoms with van der Waals surface area (Å²) in [5.74, 6) is -0.891. The normalized spacial score (nSPS) is 18.7. The van der Waals surface area contributed by atoms with Crippen molar-refractivity contribution < 1.29 is 55.3 Å². The molecule has 140 valence electrons. The van der Waals surface area contributed by atoms with Gasteiger partial charge in [-0.2, -0.15) is 0 Å². The predicted molar refractivity (Wildman–Crippen MR) is 90.6 cm³/mol. The molecule has 1 aromatic carbocycles. The first kappa shape index (κ1) is 25.6. The maximum Gasteiger partial charge on any atom is 2.00 e. The quantitative estimate of drug-likeness (QED) is 0.526. The summed E-state index contributed by atoms with van der Waals surface area (Å²) in [6.07, 6.45) is 12.6. The van der Waals surface area contributed by atoms with Crippen LogP contribution >= 0.6 is 8.07 Å². The molecule has 2 fully saturated rings. The van der Waals surface area contributed by atoms with Gasteiger partial charge in [0, 0.05) is 0 Å². The predicted octanol–water partition coefficient (Wildman–Crippen LogP) is 0.444. The number of rotatable bonds is 4. The van der Waals surface area contributed by atoms with Crippen molar-refractivity contribution in [2.24, 2.45) is 0 Å². The number of nitrogens with one attached hydrogen (secondary N) is 1. The van der Waals surface area contributed by atoms with Crippen LogP contribution in [0.1, 0.15) is 64.2 Å². The van der Waals surface area contributed by atoms with E-state index in [0.717, 1.165) is 0 Å². The Hall–Kier alpha value is 0.604. The van der Waals surface area contributed by atoms with Gasteiger partial charge in [-0.25, -0.2) is 8.78 Å². The summed E-state index contributed by atoms with van der Waals surface area (Å²) in [5.41, 5.74) is 1.38. The Morgan fingerprint density at radius 3 is 1.56 bits per heavy atom. The average Bonchev–Trinajstić information content (AvgIpc) is 2.56. The van der Waals surface area contributed by atoms with Crippen LogP contribution in [0, 0.1) is 11.6 Å². The van der Waals surface area contributed by atoms with E-state index in [9.17, 15) is 8.78 Å². The SMILES string of the molecule is Fc1cccc(F)c1NP(C1CCCCC1)C1CCCCC1.[Cl-].[Cl-].[Ti+2]. The Morgan fingerprint density at radius 1 is 0.760 bits per heavy atom. The molecular formula is C18H26Cl2F2NPTi. The smallest absolute Gasteiger partial charge is 1.00 e. The molecule has 1 nitrogen and oxygen atoms in total. The molecule has 0 bridgehead atoms. The fourth-order valence-electron chi connectivity index (χ4n) is 3.93. The van der Waals surface area contributed by atoms with Gasteiger partial charge >= 0.3 is 21.7 Å². The van der Waals surface area contributed by atoms with E-state index < -0.39 is 19.7 Å². The second-order valence-corrected chi connectivity index (χ2v) is 9.20. The Bertz CT molecular complexity index is 460. The van der Waals surface area contributed by atoms with E-state index in [1.807, 2.05) is 0 Å². The van der Waals surface area contributed by atoms with E-state index in [4.69, 9.17) is 0 Å². The largest absolute Gasteiger partial charge is 2.00 e. The van der Waals surface area contributed by atoms with Crippen molar-refractivity contribution in [3.05, 3.63) is 29.8 Å². The fraction of sp³-hybridized carbons (Fsp3) is 0.667. The molecule has 0 radical (unpaired) electrons.